The molecule has 1 aromatic carbocycles. The molecule has 0 aliphatic heterocycles. The smallest absolute Gasteiger partial charge is 0.311 e. The second-order valence-electron chi connectivity index (χ2n) is 5.47. The van der Waals surface area contributed by atoms with E-state index in [1.807, 2.05) is 0 Å². The highest BCUT2D eigenvalue weighted by molar-refractivity contribution is 6.30. The lowest BCUT2D eigenvalue weighted by molar-refractivity contribution is -0.150. The van der Waals surface area contributed by atoms with Crippen molar-refractivity contribution >= 4 is 23.5 Å². The fourth-order valence-electron chi connectivity index (χ4n) is 2.24. The average Bonchev–Trinajstić information content (AvgIpc) is 2.47. The van der Waals surface area contributed by atoms with E-state index in [-0.39, 0.29) is 30.9 Å². The summed E-state index contributed by atoms with van der Waals surface area (Å²) in [6.07, 6.45) is 4.57. The van der Waals surface area contributed by atoms with Gasteiger partial charge in [-0.05, 0) is 37.5 Å². The Morgan fingerprint density at radius 2 is 1.74 bits per heavy atom. The van der Waals surface area contributed by atoms with Crippen molar-refractivity contribution in [3.05, 3.63) is 29.3 Å². The Hall–Kier alpha value is -1.55. The summed E-state index contributed by atoms with van der Waals surface area (Å²) in [4.78, 5) is 23.5. The minimum absolute atomic E-state index is 0.00379. The number of esters is 2. The van der Waals surface area contributed by atoms with Crippen LogP contribution in [-0.4, -0.2) is 18.0 Å². The number of ether oxygens (including phenoxy) is 2. The summed E-state index contributed by atoms with van der Waals surface area (Å²) in [6, 6.07) is 6.66. The molecule has 0 aliphatic carbocycles. The minimum Gasteiger partial charge on any atom is -0.462 e. The average molecular weight is 341 g/mol. The Balaban J connectivity index is 2.27. The molecule has 0 heterocycles. The summed E-state index contributed by atoms with van der Waals surface area (Å²) in [5.74, 6) is -0.206. The standard InChI is InChI=1S/C18H25ClO4/c1-3-7-15(8-4-2)22-17(20)11-6-12-18(21)23-16-10-5-9-14(19)13-16/h5,9-10,13,15H,3-4,6-8,11-12H2,1-2H3. The molecule has 0 spiro atoms. The molecule has 0 N–H and O–H groups in total. The highest BCUT2D eigenvalue weighted by Crippen LogP contribution is 2.18. The summed E-state index contributed by atoms with van der Waals surface area (Å²) in [7, 11) is 0. The van der Waals surface area contributed by atoms with Gasteiger partial charge in [0, 0.05) is 17.9 Å². The van der Waals surface area contributed by atoms with Crippen LogP contribution in [0, 0.1) is 0 Å². The van der Waals surface area contributed by atoms with Crippen LogP contribution in [0.15, 0.2) is 24.3 Å². The van der Waals surface area contributed by atoms with E-state index >= 15 is 0 Å². The van der Waals surface area contributed by atoms with Crippen LogP contribution in [0.25, 0.3) is 0 Å². The van der Waals surface area contributed by atoms with E-state index in [0.717, 1.165) is 25.7 Å². The minimum atomic E-state index is -0.376. The van der Waals surface area contributed by atoms with Crippen LogP contribution in [0.1, 0.15) is 58.8 Å². The molecule has 23 heavy (non-hydrogen) atoms. The molecule has 1 aromatic rings. The van der Waals surface area contributed by atoms with Gasteiger partial charge in [0.2, 0.25) is 0 Å². The maximum Gasteiger partial charge on any atom is 0.311 e. The van der Waals surface area contributed by atoms with Crippen molar-refractivity contribution in [2.75, 3.05) is 0 Å². The molecule has 0 radical (unpaired) electrons. The van der Waals surface area contributed by atoms with Crippen molar-refractivity contribution in [3.8, 4) is 5.75 Å². The lowest BCUT2D eigenvalue weighted by Gasteiger charge is -2.16. The van der Waals surface area contributed by atoms with Gasteiger partial charge in [-0.25, -0.2) is 0 Å². The number of rotatable bonds is 10. The van der Waals surface area contributed by atoms with Crippen LogP contribution in [0.5, 0.6) is 5.75 Å². The second kappa shape index (κ2) is 11.1. The highest BCUT2D eigenvalue weighted by Gasteiger charge is 2.14. The zero-order valence-corrected chi connectivity index (χ0v) is 14.6. The molecule has 0 aliphatic rings. The molecule has 0 saturated heterocycles. The lowest BCUT2D eigenvalue weighted by atomic mass is 10.1. The van der Waals surface area contributed by atoms with Crippen molar-refractivity contribution in [3.63, 3.8) is 0 Å². The van der Waals surface area contributed by atoms with Crippen molar-refractivity contribution in [1.29, 1.82) is 0 Å². The van der Waals surface area contributed by atoms with Crippen LogP contribution in [0.2, 0.25) is 5.02 Å². The molecule has 0 aromatic heterocycles. The van der Waals surface area contributed by atoms with Crippen molar-refractivity contribution in [2.24, 2.45) is 0 Å². The van der Waals surface area contributed by atoms with Gasteiger partial charge in [0.05, 0.1) is 0 Å². The maximum atomic E-state index is 11.8. The largest absolute Gasteiger partial charge is 0.462 e. The Kier molecular flexibility index (Phi) is 9.37. The molecule has 4 nitrogen and oxygen atoms in total. The predicted molar refractivity (Wildman–Crippen MR) is 90.6 cm³/mol. The number of hydrogen-bond acceptors (Lipinski definition) is 4. The summed E-state index contributed by atoms with van der Waals surface area (Å²) in [6.45, 7) is 4.14. The van der Waals surface area contributed by atoms with Gasteiger partial charge in [-0.3, -0.25) is 9.59 Å². The van der Waals surface area contributed by atoms with Crippen LogP contribution in [0.3, 0.4) is 0 Å². The third-order valence-electron chi connectivity index (χ3n) is 3.31. The van der Waals surface area contributed by atoms with Crippen molar-refractivity contribution in [2.45, 2.75) is 64.9 Å². The van der Waals surface area contributed by atoms with Gasteiger partial charge < -0.3 is 9.47 Å². The predicted octanol–water partition coefficient (Wildman–Crippen LogP) is 4.93. The van der Waals surface area contributed by atoms with Gasteiger partial charge in [0.1, 0.15) is 11.9 Å². The monoisotopic (exact) mass is 340 g/mol. The van der Waals surface area contributed by atoms with Gasteiger partial charge in [-0.15, -0.1) is 0 Å². The molecule has 1 rings (SSSR count). The van der Waals surface area contributed by atoms with Crippen LogP contribution < -0.4 is 4.74 Å². The van der Waals surface area contributed by atoms with Crippen LogP contribution in [-0.2, 0) is 14.3 Å². The third-order valence-corrected chi connectivity index (χ3v) is 3.54. The first-order chi connectivity index (χ1) is 11.0. The summed E-state index contributed by atoms with van der Waals surface area (Å²) < 4.78 is 10.6. The topological polar surface area (TPSA) is 52.6 Å². The molecule has 0 bridgehead atoms. The van der Waals surface area contributed by atoms with E-state index in [1.54, 1.807) is 24.3 Å². The molecule has 0 atom stereocenters. The molecular weight excluding hydrogens is 316 g/mol. The lowest BCUT2D eigenvalue weighted by Crippen LogP contribution is -2.18. The summed E-state index contributed by atoms with van der Waals surface area (Å²) in [5.41, 5.74) is 0. The first-order valence-corrected chi connectivity index (χ1v) is 8.58. The Bertz CT molecular complexity index is 496. The van der Waals surface area contributed by atoms with Crippen molar-refractivity contribution < 1.29 is 19.1 Å². The molecule has 128 valence electrons. The fraction of sp³-hybridized carbons (Fsp3) is 0.556. The first kappa shape index (κ1) is 19.5. The molecule has 0 unspecified atom stereocenters. The number of hydrogen-bond donors (Lipinski definition) is 0. The van der Waals surface area contributed by atoms with Gasteiger partial charge in [0.25, 0.3) is 0 Å². The van der Waals surface area contributed by atoms with Gasteiger partial charge in [-0.1, -0.05) is 44.4 Å². The van der Waals surface area contributed by atoms with Crippen molar-refractivity contribution in [1.82, 2.24) is 0 Å². The van der Waals surface area contributed by atoms with E-state index in [0.29, 0.717) is 17.2 Å². The van der Waals surface area contributed by atoms with Gasteiger partial charge in [0.15, 0.2) is 0 Å². The zero-order chi connectivity index (χ0) is 17.1. The summed E-state index contributed by atoms with van der Waals surface area (Å²) >= 11 is 5.82. The van der Waals surface area contributed by atoms with E-state index in [1.165, 1.54) is 0 Å². The number of carbonyl (C=O) groups is 2. The van der Waals surface area contributed by atoms with Crippen LogP contribution >= 0.6 is 11.6 Å². The number of halogens is 1. The Morgan fingerprint density at radius 3 is 2.35 bits per heavy atom. The van der Waals surface area contributed by atoms with E-state index in [9.17, 15) is 9.59 Å². The molecule has 0 saturated carbocycles. The third kappa shape index (κ3) is 8.60. The molecule has 0 amide bonds. The molecule has 0 fully saturated rings. The number of carbonyl (C=O) groups excluding carboxylic acids is 2. The zero-order valence-electron chi connectivity index (χ0n) is 13.8. The van der Waals surface area contributed by atoms with Crippen LogP contribution in [0.4, 0.5) is 0 Å². The quantitative estimate of drug-likeness (QED) is 0.447. The normalized spacial score (nSPS) is 10.6. The summed E-state index contributed by atoms with van der Waals surface area (Å²) in [5, 5.41) is 0.511. The Morgan fingerprint density at radius 1 is 1.09 bits per heavy atom. The molecular formula is C18H25ClO4. The van der Waals surface area contributed by atoms with E-state index in [4.69, 9.17) is 21.1 Å². The van der Waals surface area contributed by atoms with E-state index < -0.39 is 0 Å². The fourth-order valence-corrected chi connectivity index (χ4v) is 2.42. The van der Waals surface area contributed by atoms with Gasteiger partial charge >= 0.3 is 11.9 Å². The molecule has 5 heteroatoms. The van der Waals surface area contributed by atoms with E-state index in [2.05, 4.69) is 13.8 Å². The first-order valence-electron chi connectivity index (χ1n) is 8.20. The second-order valence-corrected chi connectivity index (χ2v) is 5.91. The maximum absolute atomic E-state index is 11.8. The Labute approximate surface area is 143 Å². The number of benzene rings is 1. The SMILES string of the molecule is CCCC(CCC)OC(=O)CCCC(=O)Oc1cccc(Cl)c1. The van der Waals surface area contributed by atoms with Gasteiger partial charge in [-0.2, -0.15) is 0 Å². The highest BCUT2D eigenvalue weighted by atomic mass is 35.5.